The number of halogens is 3. The summed E-state index contributed by atoms with van der Waals surface area (Å²) in [6.07, 6.45) is 1.95. The second-order valence-electron chi connectivity index (χ2n) is 11.2. The lowest BCUT2D eigenvalue weighted by atomic mass is 10.0. The Balaban J connectivity index is 0.00000529. The van der Waals surface area contributed by atoms with Gasteiger partial charge in [-0.15, -0.1) is 12.4 Å². The number of rotatable bonds is 5. The maximum absolute atomic E-state index is 14.8. The molecule has 2 heterocycles. The molecule has 240 valence electrons. The van der Waals surface area contributed by atoms with Gasteiger partial charge in [-0.2, -0.15) is 0 Å². The smallest absolute Gasteiger partial charge is 0.258 e. The lowest BCUT2D eigenvalue weighted by molar-refractivity contribution is -0.126. The Morgan fingerprint density at radius 2 is 1.89 bits per heavy atom. The minimum Gasteiger partial charge on any atom is -0.491 e. The van der Waals surface area contributed by atoms with Crippen LogP contribution in [0.4, 0.5) is 8.78 Å². The van der Waals surface area contributed by atoms with Crippen molar-refractivity contribution >= 4 is 36.0 Å². The number of hydrogen-bond donors (Lipinski definition) is 3. The molecule has 44 heavy (non-hydrogen) atoms. The summed E-state index contributed by atoms with van der Waals surface area (Å²) in [4.78, 5) is 56.6. The molecule has 2 aromatic rings. The third kappa shape index (κ3) is 8.44. The van der Waals surface area contributed by atoms with Gasteiger partial charge in [0.15, 0.2) is 0 Å². The van der Waals surface area contributed by atoms with Crippen LogP contribution in [0.2, 0.25) is 0 Å². The summed E-state index contributed by atoms with van der Waals surface area (Å²) in [5.74, 6) is -3.45. The van der Waals surface area contributed by atoms with E-state index in [2.05, 4.69) is 10.6 Å². The standard InChI is InChI=1S/C31H39F2N5O5.ClH/c1-19(2)25-17-37(30(41)23-16-21(32)8-10-27(23)43-14-11-34)18-28(39)35-12-3-5-20-7-9-24(33)22(15-20)31(42)38-13-4-6-26(38)29(40)36-25;/h7-10,15-16,19,25-26H,3-6,11-14,17-18,34H2,1-2H3,(H,35,39)(H,36,40);1H/t25-,26-;/m0./s1. The molecule has 2 bridgehead atoms. The lowest BCUT2D eigenvalue weighted by Crippen LogP contribution is -2.54. The number of fused-ring (bicyclic) bond motifs is 3. The molecule has 2 atom stereocenters. The summed E-state index contributed by atoms with van der Waals surface area (Å²) in [6.45, 7) is 4.14. The average Bonchev–Trinajstić information content (AvgIpc) is 3.48. The van der Waals surface area contributed by atoms with E-state index in [1.807, 2.05) is 13.8 Å². The molecule has 0 spiro atoms. The quantitative estimate of drug-likeness (QED) is 0.463. The monoisotopic (exact) mass is 635 g/mol. The molecule has 0 aromatic heterocycles. The number of nitrogens with two attached hydrogens (primary N) is 1. The number of nitrogens with zero attached hydrogens (tertiary/aromatic N) is 2. The van der Waals surface area contributed by atoms with Crippen molar-refractivity contribution in [3.8, 4) is 5.75 Å². The van der Waals surface area contributed by atoms with Gasteiger partial charge in [-0.05, 0) is 67.5 Å². The highest BCUT2D eigenvalue weighted by molar-refractivity contribution is 5.99. The summed E-state index contributed by atoms with van der Waals surface area (Å²) in [6, 6.07) is 6.45. The van der Waals surface area contributed by atoms with Crippen LogP contribution in [0, 0.1) is 17.6 Å². The Labute approximate surface area is 262 Å². The van der Waals surface area contributed by atoms with Crippen molar-refractivity contribution in [3.05, 3.63) is 64.7 Å². The largest absolute Gasteiger partial charge is 0.491 e. The number of benzene rings is 2. The van der Waals surface area contributed by atoms with Crippen molar-refractivity contribution in [2.75, 3.05) is 39.3 Å². The highest BCUT2D eigenvalue weighted by atomic mass is 35.5. The fourth-order valence-corrected chi connectivity index (χ4v) is 5.37. The lowest BCUT2D eigenvalue weighted by Gasteiger charge is -2.32. The van der Waals surface area contributed by atoms with Gasteiger partial charge in [-0.1, -0.05) is 19.9 Å². The molecule has 2 aliphatic rings. The number of nitrogens with one attached hydrogen (secondary N) is 2. The van der Waals surface area contributed by atoms with E-state index >= 15 is 0 Å². The van der Waals surface area contributed by atoms with E-state index in [0.717, 1.165) is 11.6 Å². The molecule has 1 fully saturated rings. The molecule has 4 N–H and O–H groups in total. The molecular weight excluding hydrogens is 596 g/mol. The second kappa shape index (κ2) is 15.8. The first-order chi connectivity index (χ1) is 20.6. The van der Waals surface area contributed by atoms with Crippen molar-refractivity contribution in [2.45, 2.75) is 51.6 Å². The average molecular weight is 636 g/mol. The SMILES string of the molecule is CC(C)[C@@H]1CN(C(=O)c2cc(F)ccc2OCCN)CC(=O)NCCCc2ccc(F)c(c2)C(=O)N2CCC[C@H]2C(=O)N1.Cl. The van der Waals surface area contributed by atoms with Crippen LogP contribution in [0.25, 0.3) is 0 Å². The normalized spacial score (nSPS) is 19.9. The minimum atomic E-state index is -0.820. The molecule has 0 aliphatic carbocycles. The molecule has 0 unspecified atom stereocenters. The molecule has 0 saturated carbocycles. The van der Waals surface area contributed by atoms with Crippen molar-refractivity contribution in [3.63, 3.8) is 0 Å². The zero-order valence-electron chi connectivity index (χ0n) is 24.9. The van der Waals surface area contributed by atoms with E-state index in [1.54, 1.807) is 6.07 Å². The number of hydrogen-bond acceptors (Lipinski definition) is 6. The van der Waals surface area contributed by atoms with Gasteiger partial charge in [0.25, 0.3) is 11.8 Å². The van der Waals surface area contributed by atoms with Gasteiger partial charge in [-0.25, -0.2) is 8.78 Å². The van der Waals surface area contributed by atoms with Gasteiger partial charge in [0.2, 0.25) is 11.8 Å². The number of carbonyl (C=O) groups is 4. The number of amides is 4. The Morgan fingerprint density at radius 1 is 1.11 bits per heavy atom. The van der Waals surface area contributed by atoms with Gasteiger partial charge < -0.3 is 30.9 Å². The molecule has 2 aliphatic heterocycles. The van der Waals surface area contributed by atoms with Gasteiger partial charge >= 0.3 is 0 Å². The number of carbonyl (C=O) groups excluding carboxylic acids is 4. The molecular formula is C31H40ClF2N5O5. The molecule has 13 heteroatoms. The van der Waals surface area contributed by atoms with E-state index < -0.39 is 47.3 Å². The van der Waals surface area contributed by atoms with Gasteiger partial charge in [0.1, 0.15) is 30.0 Å². The first kappa shape index (κ1) is 34.7. The van der Waals surface area contributed by atoms with Crippen molar-refractivity contribution < 1.29 is 32.7 Å². The zero-order valence-corrected chi connectivity index (χ0v) is 25.8. The van der Waals surface area contributed by atoms with E-state index in [0.29, 0.717) is 32.2 Å². The van der Waals surface area contributed by atoms with Gasteiger partial charge in [0, 0.05) is 32.2 Å². The van der Waals surface area contributed by atoms with Crippen LogP contribution in [0.3, 0.4) is 0 Å². The summed E-state index contributed by atoms with van der Waals surface area (Å²) in [5, 5.41) is 5.76. The van der Waals surface area contributed by atoms with E-state index in [9.17, 15) is 28.0 Å². The molecule has 4 rings (SSSR count). The van der Waals surface area contributed by atoms with Gasteiger partial charge in [-0.3, -0.25) is 19.2 Å². The Morgan fingerprint density at radius 3 is 2.61 bits per heavy atom. The van der Waals surface area contributed by atoms with Crippen LogP contribution in [0.5, 0.6) is 5.75 Å². The zero-order chi connectivity index (χ0) is 31.1. The van der Waals surface area contributed by atoms with Crippen molar-refractivity contribution in [1.29, 1.82) is 0 Å². The van der Waals surface area contributed by atoms with E-state index in [4.69, 9.17) is 10.5 Å². The molecule has 2 aromatic carbocycles. The highest BCUT2D eigenvalue weighted by Gasteiger charge is 2.37. The second-order valence-corrected chi connectivity index (χ2v) is 11.2. The first-order valence-corrected chi connectivity index (χ1v) is 14.7. The Hall–Kier alpha value is -3.77. The predicted octanol–water partition coefficient (Wildman–Crippen LogP) is 2.67. The van der Waals surface area contributed by atoms with Gasteiger partial charge in [0.05, 0.1) is 17.7 Å². The van der Waals surface area contributed by atoms with Crippen molar-refractivity contribution in [1.82, 2.24) is 20.4 Å². The number of aryl methyl sites for hydroxylation is 1. The fraction of sp³-hybridized carbons (Fsp3) is 0.484. The third-order valence-corrected chi connectivity index (χ3v) is 7.76. The Kier molecular flexibility index (Phi) is 12.5. The minimum absolute atomic E-state index is 0. The molecule has 10 nitrogen and oxygen atoms in total. The van der Waals surface area contributed by atoms with Crippen LogP contribution < -0.4 is 21.1 Å². The number of ether oxygens (including phenoxy) is 1. The van der Waals surface area contributed by atoms with Crippen LogP contribution in [0.15, 0.2) is 36.4 Å². The summed E-state index contributed by atoms with van der Waals surface area (Å²) in [5.41, 5.74) is 6.10. The van der Waals surface area contributed by atoms with Crippen LogP contribution >= 0.6 is 12.4 Å². The summed E-state index contributed by atoms with van der Waals surface area (Å²) < 4.78 is 34.7. The molecule has 1 saturated heterocycles. The highest BCUT2D eigenvalue weighted by Crippen LogP contribution is 2.25. The maximum atomic E-state index is 14.8. The molecule has 4 amide bonds. The maximum Gasteiger partial charge on any atom is 0.258 e. The first-order valence-electron chi connectivity index (χ1n) is 14.7. The van der Waals surface area contributed by atoms with E-state index in [-0.39, 0.29) is 68.0 Å². The van der Waals surface area contributed by atoms with Crippen LogP contribution in [0.1, 0.15) is 59.4 Å². The van der Waals surface area contributed by atoms with Crippen LogP contribution in [-0.4, -0.2) is 84.8 Å². The Bertz CT molecular complexity index is 1360. The summed E-state index contributed by atoms with van der Waals surface area (Å²) >= 11 is 0. The molecule has 0 radical (unpaired) electrons. The fourth-order valence-electron chi connectivity index (χ4n) is 5.37. The topological polar surface area (TPSA) is 134 Å². The van der Waals surface area contributed by atoms with Crippen LogP contribution in [-0.2, 0) is 16.0 Å². The summed E-state index contributed by atoms with van der Waals surface area (Å²) in [7, 11) is 0. The third-order valence-electron chi connectivity index (χ3n) is 7.76. The van der Waals surface area contributed by atoms with Crippen molar-refractivity contribution in [2.24, 2.45) is 11.7 Å². The van der Waals surface area contributed by atoms with E-state index in [1.165, 1.54) is 34.1 Å². The predicted molar refractivity (Wildman–Crippen MR) is 163 cm³/mol.